The molecule has 2 heteroatoms. The number of rotatable bonds is 6. The number of halogens is 1. The molecule has 0 aliphatic carbocycles. The van der Waals surface area contributed by atoms with Crippen LogP contribution in [0.3, 0.4) is 0 Å². The van der Waals surface area contributed by atoms with Gasteiger partial charge in [-0.25, -0.2) is 0 Å². The standard InChI is InChI=1S/C19H24IN/c1-4-21-19(13-15-5-11-18(20)12-6-15)17-9-7-16(8-10-17)14(2)3/h5-12,14,19,21H,4,13H2,1-3H3. The van der Waals surface area contributed by atoms with Gasteiger partial charge >= 0.3 is 0 Å². The molecule has 0 aliphatic rings. The Balaban J connectivity index is 2.15. The van der Waals surface area contributed by atoms with Crippen LogP contribution in [0.1, 0.15) is 49.4 Å². The summed E-state index contributed by atoms with van der Waals surface area (Å²) in [5.41, 5.74) is 4.16. The lowest BCUT2D eigenvalue weighted by Gasteiger charge is -2.19. The molecule has 0 amide bonds. The van der Waals surface area contributed by atoms with Crippen molar-refractivity contribution in [1.29, 1.82) is 0 Å². The second kappa shape index (κ2) is 7.95. The first-order valence-corrected chi connectivity index (χ1v) is 8.75. The Morgan fingerprint density at radius 1 is 0.905 bits per heavy atom. The fraction of sp³-hybridized carbons (Fsp3) is 0.368. The van der Waals surface area contributed by atoms with Crippen LogP contribution >= 0.6 is 22.6 Å². The number of hydrogen-bond acceptors (Lipinski definition) is 1. The van der Waals surface area contributed by atoms with Crippen LogP contribution in [0.25, 0.3) is 0 Å². The van der Waals surface area contributed by atoms with E-state index in [1.165, 1.54) is 20.3 Å². The molecule has 2 aromatic rings. The van der Waals surface area contributed by atoms with Crippen LogP contribution in [-0.2, 0) is 6.42 Å². The third-order valence-corrected chi connectivity index (χ3v) is 4.53. The molecule has 1 nitrogen and oxygen atoms in total. The zero-order chi connectivity index (χ0) is 15.2. The fourth-order valence-electron chi connectivity index (χ4n) is 2.52. The number of benzene rings is 2. The highest BCUT2D eigenvalue weighted by Crippen LogP contribution is 2.22. The molecule has 0 radical (unpaired) electrons. The summed E-state index contributed by atoms with van der Waals surface area (Å²) in [7, 11) is 0. The van der Waals surface area contributed by atoms with E-state index < -0.39 is 0 Å². The minimum atomic E-state index is 0.385. The summed E-state index contributed by atoms with van der Waals surface area (Å²) in [4.78, 5) is 0. The molecule has 1 atom stereocenters. The topological polar surface area (TPSA) is 12.0 Å². The summed E-state index contributed by atoms with van der Waals surface area (Å²) in [5, 5.41) is 3.61. The molecule has 0 saturated carbocycles. The van der Waals surface area contributed by atoms with E-state index in [4.69, 9.17) is 0 Å². The molecule has 21 heavy (non-hydrogen) atoms. The van der Waals surface area contributed by atoms with Crippen molar-refractivity contribution < 1.29 is 0 Å². The normalized spacial score (nSPS) is 12.6. The van der Waals surface area contributed by atoms with E-state index in [0.29, 0.717) is 12.0 Å². The molecular formula is C19H24IN. The molecule has 112 valence electrons. The Morgan fingerprint density at radius 3 is 2.00 bits per heavy atom. The van der Waals surface area contributed by atoms with Crippen molar-refractivity contribution >= 4 is 22.6 Å². The Bertz CT molecular complexity index is 543. The van der Waals surface area contributed by atoms with Gasteiger partial charge in [0.25, 0.3) is 0 Å². The maximum Gasteiger partial charge on any atom is 0.0360 e. The molecule has 1 N–H and O–H groups in total. The maximum absolute atomic E-state index is 3.61. The van der Waals surface area contributed by atoms with Crippen molar-refractivity contribution in [3.8, 4) is 0 Å². The van der Waals surface area contributed by atoms with Crippen molar-refractivity contribution in [1.82, 2.24) is 5.32 Å². The monoisotopic (exact) mass is 393 g/mol. The number of hydrogen-bond donors (Lipinski definition) is 1. The van der Waals surface area contributed by atoms with Crippen LogP contribution in [0.2, 0.25) is 0 Å². The van der Waals surface area contributed by atoms with E-state index in [1.807, 2.05) is 0 Å². The highest BCUT2D eigenvalue weighted by Gasteiger charge is 2.11. The third-order valence-electron chi connectivity index (χ3n) is 3.81. The molecule has 2 rings (SSSR count). The van der Waals surface area contributed by atoms with E-state index in [0.717, 1.165) is 13.0 Å². The summed E-state index contributed by atoms with van der Waals surface area (Å²) in [6, 6.07) is 18.3. The Morgan fingerprint density at radius 2 is 1.48 bits per heavy atom. The van der Waals surface area contributed by atoms with E-state index in [1.54, 1.807) is 0 Å². The lowest BCUT2D eigenvalue weighted by atomic mass is 9.95. The van der Waals surface area contributed by atoms with Crippen molar-refractivity contribution in [3.05, 3.63) is 68.8 Å². The summed E-state index contributed by atoms with van der Waals surface area (Å²) < 4.78 is 1.29. The van der Waals surface area contributed by atoms with Gasteiger partial charge in [0.05, 0.1) is 0 Å². The third kappa shape index (κ3) is 4.82. The van der Waals surface area contributed by atoms with E-state index in [2.05, 4.69) is 97.2 Å². The molecule has 0 saturated heterocycles. The SMILES string of the molecule is CCNC(Cc1ccc(I)cc1)c1ccc(C(C)C)cc1. The van der Waals surface area contributed by atoms with Crippen molar-refractivity contribution in [2.24, 2.45) is 0 Å². The molecule has 0 spiro atoms. The van der Waals surface area contributed by atoms with Crippen molar-refractivity contribution in [3.63, 3.8) is 0 Å². The largest absolute Gasteiger partial charge is 0.310 e. The molecule has 0 aliphatic heterocycles. The van der Waals surface area contributed by atoms with Gasteiger partial charge in [0.2, 0.25) is 0 Å². The first kappa shape index (κ1) is 16.5. The average molecular weight is 393 g/mol. The molecule has 0 aromatic heterocycles. The lowest BCUT2D eigenvalue weighted by Crippen LogP contribution is -2.23. The molecule has 0 heterocycles. The molecule has 0 fully saturated rings. The van der Waals surface area contributed by atoms with Crippen LogP contribution in [0, 0.1) is 3.57 Å². The van der Waals surface area contributed by atoms with E-state index >= 15 is 0 Å². The molecule has 0 bridgehead atoms. The number of likely N-dealkylation sites (N-methyl/N-ethyl adjacent to an activating group) is 1. The van der Waals surface area contributed by atoms with Crippen molar-refractivity contribution in [2.45, 2.75) is 39.2 Å². The quantitative estimate of drug-likeness (QED) is 0.656. The predicted molar refractivity (Wildman–Crippen MR) is 99.8 cm³/mol. The van der Waals surface area contributed by atoms with Crippen molar-refractivity contribution in [2.75, 3.05) is 6.54 Å². The Kier molecular flexibility index (Phi) is 6.24. The predicted octanol–water partition coefficient (Wildman–Crippen LogP) is 5.31. The maximum atomic E-state index is 3.61. The van der Waals surface area contributed by atoms with Gasteiger partial charge in [-0.3, -0.25) is 0 Å². The zero-order valence-corrected chi connectivity index (χ0v) is 15.2. The summed E-state index contributed by atoms with van der Waals surface area (Å²) in [6.45, 7) is 7.63. The summed E-state index contributed by atoms with van der Waals surface area (Å²) >= 11 is 2.35. The van der Waals surface area contributed by atoms with Crippen LogP contribution in [0.4, 0.5) is 0 Å². The first-order valence-electron chi connectivity index (χ1n) is 7.67. The summed E-state index contributed by atoms with van der Waals surface area (Å²) in [5.74, 6) is 0.591. The van der Waals surface area contributed by atoms with Crippen LogP contribution < -0.4 is 5.32 Å². The van der Waals surface area contributed by atoms with Crippen LogP contribution in [0.15, 0.2) is 48.5 Å². The minimum absolute atomic E-state index is 0.385. The second-order valence-corrected chi connectivity index (χ2v) is 7.01. The van der Waals surface area contributed by atoms with Crippen LogP contribution in [-0.4, -0.2) is 6.54 Å². The summed E-state index contributed by atoms with van der Waals surface area (Å²) in [6.07, 6.45) is 1.03. The van der Waals surface area contributed by atoms with Gasteiger partial charge < -0.3 is 5.32 Å². The smallest absolute Gasteiger partial charge is 0.0360 e. The first-order chi connectivity index (χ1) is 10.1. The Labute approximate surface area is 142 Å². The van der Waals surface area contributed by atoms with Gasteiger partial charge in [-0.2, -0.15) is 0 Å². The fourth-order valence-corrected chi connectivity index (χ4v) is 2.88. The van der Waals surface area contributed by atoms with E-state index in [-0.39, 0.29) is 0 Å². The minimum Gasteiger partial charge on any atom is -0.310 e. The van der Waals surface area contributed by atoms with Crippen LogP contribution in [0.5, 0.6) is 0 Å². The van der Waals surface area contributed by atoms with Gasteiger partial charge in [-0.15, -0.1) is 0 Å². The Hall–Kier alpha value is -0.870. The van der Waals surface area contributed by atoms with E-state index in [9.17, 15) is 0 Å². The van der Waals surface area contributed by atoms with Gasteiger partial charge in [-0.05, 0) is 70.3 Å². The number of nitrogens with one attached hydrogen (secondary N) is 1. The highest BCUT2D eigenvalue weighted by molar-refractivity contribution is 14.1. The van der Waals surface area contributed by atoms with Gasteiger partial charge in [-0.1, -0.05) is 57.2 Å². The van der Waals surface area contributed by atoms with Gasteiger partial charge in [0.1, 0.15) is 0 Å². The molecule has 1 unspecified atom stereocenters. The zero-order valence-electron chi connectivity index (χ0n) is 13.1. The molecule has 2 aromatic carbocycles. The van der Waals surface area contributed by atoms with Gasteiger partial charge in [0, 0.05) is 9.61 Å². The molecular weight excluding hydrogens is 369 g/mol. The van der Waals surface area contributed by atoms with Gasteiger partial charge in [0.15, 0.2) is 0 Å². The lowest BCUT2D eigenvalue weighted by molar-refractivity contribution is 0.549. The second-order valence-electron chi connectivity index (χ2n) is 5.76. The average Bonchev–Trinajstić information content (AvgIpc) is 2.49. The highest BCUT2D eigenvalue weighted by atomic mass is 127.